The Morgan fingerprint density at radius 1 is 1.29 bits per heavy atom. The molecular weight excluding hydrogens is 326 g/mol. The highest BCUT2D eigenvalue weighted by Gasteiger charge is 2.38. The molecule has 0 unspecified atom stereocenters. The number of pyridine rings is 1. The summed E-state index contributed by atoms with van der Waals surface area (Å²) >= 11 is 0. The summed E-state index contributed by atoms with van der Waals surface area (Å²) in [6.07, 6.45) is 4.64. The van der Waals surface area contributed by atoms with Crippen molar-refractivity contribution in [2.45, 2.75) is 30.8 Å². The lowest BCUT2D eigenvalue weighted by Gasteiger charge is -2.24. The van der Waals surface area contributed by atoms with Gasteiger partial charge in [-0.05, 0) is 31.9 Å². The van der Waals surface area contributed by atoms with Gasteiger partial charge in [0.1, 0.15) is 0 Å². The number of rotatable bonds is 4. The zero-order chi connectivity index (χ0) is 17.5. The summed E-state index contributed by atoms with van der Waals surface area (Å²) in [6, 6.07) is 3.73. The van der Waals surface area contributed by atoms with Crippen molar-refractivity contribution in [3.63, 3.8) is 0 Å². The molecule has 1 aliphatic rings. The van der Waals surface area contributed by atoms with Crippen molar-refractivity contribution >= 4 is 15.7 Å². The van der Waals surface area contributed by atoms with Crippen molar-refractivity contribution in [3.05, 3.63) is 36.0 Å². The zero-order valence-corrected chi connectivity index (χ0v) is 15.3. The molecule has 8 heteroatoms. The molecule has 1 atom stereocenters. The van der Waals surface area contributed by atoms with E-state index in [1.54, 1.807) is 17.8 Å². The first-order valence-electron chi connectivity index (χ1n) is 7.95. The van der Waals surface area contributed by atoms with Crippen LogP contribution in [0.3, 0.4) is 0 Å². The summed E-state index contributed by atoms with van der Waals surface area (Å²) in [6.45, 7) is 2.43. The molecule has 0 spiro atoms. The molecule has 130 valence electrons. The molecular formula is C16H23N5O2S. The standard InChI is InChI=1S/C16H23N5O2S/c1-12-8-13(19(2)3)9-14(18-12)15-6-5-7-21(15)24(22,23)16-10-20(4)11-17-16/h8-11,15H,5-7H2,1-4H3/t15-/m0/s1. The van der Waals surface area contributed by atoms with Gasteiger partial charge in [0.05, 0.1) is 18.1 Å². The lowest BCUT2D eigenvalue weighted by molar-refractivity contribution is 0.388. The zero-order valence-electron chi connectivity index (χ0n) is 14.5. The Labute approximate surface area is 143 Å². The van der Waals surface area contributed by atoms with Gasteiger partial charge in [0.15, 0.2) is 5.03 Å². The SMILES string of the molecule is Cc1cc(N(C)C)cc([C@@H]2CCCN2S(=O)(=O)c2cn(C)cn2)n1. The number of sulfonamides is 1. The summed E-state index contributed by atoms with van der Waals surface area (Å²) in [5.74, 6) is 0. The van der Waals surface area contributed by atoms with Crippen molar-refractivity contribution in [3.8, 4) is 0 Å². The van der Waals surface area contributed by atoms with Crippen LogP contribution in [-0.4, -0.2) is 47.9 Å². The van der Waals surface area contributed by atoms with Gasteiger partial charge >= 0.3 is 0 Å². The smallest absolute Gasteiger partial charge is 0.262 e. The predicted octanol–water partition coefficient (Wildman–Crippen LogP) is 1.72. The third-order valence-corrected chi connectivity index (χ3v) is 6.07. The van der Waals surface area contributed by atoms with Gasteiger partial charge in [-0.15, -0.1) is 0 Å². The Hall–Kier alpha value is -1.93. The van der Waals surface area contributed by atoms with Crippen molar-refractivity contribution in [2.24, 2.45) is 7.05 Å². The van der Waals surface area contributed by atoms with E-state index in [0.717, 1.165) is 29.9 Å². The average Bonchev–Trinajstić information content (AvgIpc) is 3.15. The highest BCUT2D eigenvalue weighted by Crippen LogP contribution is 2.36. The summed E-state index contributed by atoms with van der Waals surface area (Å²) in [5, 5.41) is 0.0948. The van der Waals surface area contributed by atoms with E-state index in [1.807, 2.05) is 38.1 Å². The van der Waals surface area contributed by atoms with Crippen LogP contribution >= 0.6 is 0 Å². The van der Waals surface area contributed by atoms with Crippen LogP contribution in [0.25, 0.3) is 0 Å². The van der Waals surface area contributed by atoms with Crippen LogP contribution in [0.1, 0.15) is 30.3 Å². The van der Waals surface area contributed by atoms with Gasteiger partial charge < -0.3 is 9.47 Å². The average molecular weight is 349 g/mol. The number of aryl methyl sites for hydroxylation is 2. The quantitative estimate of drug-likeness (QED) is 0.840. The maximum absolute atomic E-state index is 12.9. The van der Waals surface area contributed by atoms with Gasteiger partial charge in [-0.3, -0.25) is 4.98 Å². The second-order valence-corrected chi connectivity index (χ2v) is 8.27. The van der Waals surface area contributed by atoms with E-state index < -0.39 is 10.0 Å². The van der Waals surface area contributed by atoms with Gasteiger partial charge in [0.25, 0.3) is 10.0 Å². The minimum atomic E-state index is -3.61. The number of hydrogen-bond donors (Lipinski definition) is 0. The lowest BCUT2D eigenvalue weighted by Crippen LogP contribution is -2.31. The van der Waals surface area contributed by atoms with Crippen molar-refractivity contribution < 1.29 is 8.42 Å². The molecule has 0 saturated carbocycles. The van der Waals surface area contributed by atoms with Crippen LogP contribution in [0.4, 0.5) is 5.69 Å². The molecule has 1 saturated heterocycles. The van der Waals surface area contributed by atoms with Crippen LogP contribution in [0.15, 0.2) is 29.7 Å². The molecule has 0 bridgehead atoms. The second kappa shape index (κ2) is 6.18. The molecule has 0 N–H and O–H groups in total. The van der Waals surface area contributed by atoms with E-state index in [1.165, 1.54) is 10.6 Å². The molecule has 2 aromatic rings. The van der Waals surface area contributed by atoms with E-state index in [0.29, 0.717) is 6.54 Å². The molecule has 1 fully saturated rings. The molecule has 7 nitrogen and oxygen atoms in total. The maximum atomic E-state index is 12.9. The van der Waals surface area contributed by atoms with Gasteiger partial charge in [-0.25, -0.2) is 13.4 Å². The number of nitrogens with zero attached hydrogens (tertiary/aromatic N) is 5. The van der Waals surface area contributed by atoms with E-state index in [-0.39, 0.29) is 11.1 Å². The second-order valence-electron chi connectivity index (χ2n) is 6.44. The highest BCUT2D eigenvalue weighted by molar-refractivity contribution is 7.89. The Morgan fingerprint density at radius 3 is 2.67 bits per heavy atom. The summed E-state index contributed by atoms with van der Waals surface area (Å²) in [5.41, 5.74) is 2.72. The Kier molecular flexibility index (Phi) is 4.35. The fraction of sp³-hybridized carbons (Fsp3) is 0.500. The Bertz CT molecular complexity index is 844. The molecule has 0 radical (unpaired) electrons. The monoisotopic (exact) mass is 349 g/mol. The summed E-state index contributed by atoms with van der Waals surface area (Å²) in [7, 11) is 2.09. The minimum absolute atomic E-state index is 0.0948. The Morgan fingerprint density at radius 2 is 2.04 bits per heavy atom. The predicted molar refractivity (Wildman–Crippen MR) is 92.4 cm³/mol. The van der Waals surface area contributed by atoms with Crippen LogP contribution in [0.2, 0.25) is 0 Å². The van der Waals surface area contributed by atoms with Gasteiger partial charge in [-0.2, -0.15) is 4.31 Å². The van der Waals surface area contributed by atoms with Crippen LogP contribution in [0, 0.1) is 6.92 Å². The molecule has 2 aromatic heterocycles. The van der Waals surface area contributed by atoms with Crippen LogP contribution < -0.4 is 4.90 Å². The molecule has 3 rings (SSSR count). The topological polar surface area (TPSA) is 71.3 Å². The molecule has 0 aromatic carbocycles. The number of anilines is 1. The fourth-order valence-corrected chi connectivity index (χ4v) is 4.71. The van der Waals surface area contributed by atoms with Crippen molar-refractivity contribution in [1.82, 2.24) is 18.8 Å². The maximum Gasteiger partial charge on any atom is 0.262 e. The lowest BCUT2D eigenvalue weighted by atomic mass is 10.1. The van der Waals surface area contributed by atoms with Gasteiger partial charge in [0, 0.05) is 45.3 Å². The molecule has 1 aliphatic heterocycles. The van der Waals surface area contributed by atoms with Gasteiger partial charge in [-0.1, -0.05) is 0 Å². The van der Waals surface area contributed by atoms with Crippen molar-refractivity contribution in [1.29, 1.82) is 0 Å². The van der Waals surface area contributed by atoms with E-state index in [2.05, 4.69) is 9.97 Å². The minimum Gasteiger partial charge on any atom is -0.378 e. The fourth-order valence-electron chi connectivity index (χ4n) is 3.07. The van der Waals surface area contributed by atoms with Crippen LogP contribution in [-0.2, 0) is 17.1 Å². The van der Waals surface area contributed by atoms with Crippen molar-refractivity contribution in [2.75, 3.05) is 25.5 Å². The first-order chi connectivity index (χ1) is 11.3. The highest BCUT2D eigenvalue weighted by atomic mass is 32.2. The number of imidazole rings is 1. The third-order valence-electron chi connectivity index (χ3n) is 4.27. The van der Waals surface area contributed by atoms with E-state index in [9.17, 15) is 8.42 Å². The van der Waals surface area contributed by atoms with E-state index >= 15 is 0 Å². The number of aromatic nitrogens is 3. The largest absolute Gasteiger partial charge is 0.378 e. The number of hydrogen-bond acceptors (Lipinski definition) is 5. The van der Waals surface area contributed by atoms with Gasteiger partial charge in [0.2, 0.25) is 0 Å². The van der Waals surface area contributed by atoms with E-state index in [4.69, 9.17) is 0 Å². The molecule has 0 aliphatic carbocycles. The normalized spacial score (nSPS) is 18.9. The first kappa shape index (κ1) is 16.9. The molecule has 0 amide bonds. The molecule has 3 heterocycles. The summed E-state index contributed by atoms with van der Waals surface area (Å²) in [4.78, 5) is 10.6. The first-order valence-corrected chi connectivity index (χ1v) is 9.39. The van der Waals surface area contributed by atoms with Crippen LogP contribution in [0.5, 0.6) is 0 Å². The Balaban J connectivity index is 2.00. The summed E-state index contributed by atoms with van der Waals surface area (Å²) < 4.78 is 29.1. The third kappa shape index (κ3) is 3.03. The molecule has 24 heavy (non-hydrogen) atoms.